The van der Waals surface area contributed by atoms with Gasteiger partial charge in [-0.25, -0.2) is 4.98 Å². The summed E-state index contributed by atoms with van der Waals surface area (Å²) >= 11 is 1.72. The number of carbonyl (C=O) groups is 1. The second-order valence-electron chi connectivity index (χ2n) is 5.35. The molecule has 0 fully saturated rings. The van der Waals surface area contributed by atoms with Crippen molar-refractivity contribution in [2.75, 3.05) is 5.75 Å². The van der Waals surface area contributed by atoms with E-state index in [2.05, 4.69) is 4.98 Å². The van der Waals surface area contributed by atoms with Gasteiger partial charge in [-0.3, -0.25) is 4.79 Å². The van der Waals surface area contributed by atoms with E-state index in [1.165, 1.54) is 0 Å². The maximum Gasteiger partial charge on any atom is 0.191 e. The number of hydrogen-bond acceptors (Lipinski definition) is 3. The van der Waals surface area contributed by atoms with Gasteiger partial charge in [0.25, 0.3) is 0 Å². The summed E-state index contributed by atoms with van der Waals surface area (Å²) in [6.45, 7) is 0. The number of fused-ring (bicyclic) bond motifs is 1. The van der Waals surface area contributed by atoms with Gasteiger partial charge < -0.3 is 4.57 Å². The van der Waals surface area contributed by atoms with Crippen molar-refractivity contribution < 1.29 is 4.79 Å². The predicted octanol–water partition coefficient (Wildman–Crippen LogP) is 4.24. The van der Waals surface area contributed by atoms with Crippen molar-refractivity contribution >= 4 is 23.6 Å². The molecule has 4 rings (SSSR count). The first kappa shape index (κ1) is 14.0. The molecule has 0 saturated heterocycles. The van der Waals surface area contributed by atoms with Crippen LogP contribution in [0.2, 0.25) is 0 Å². The highest BCUT2D eigenvalue weighted by molar-refractivity contribution is 7.99. The highest BCUT2D eigenvalue weighted by Crippen LogP contribution is 2.33. The molecule has 2 aromatic carbocycles. The largest absolute Gasteiger partial charge is 0.306 e. The van der Waals surface area contributed by atoms with Crippen molar-refractivity contribution in [2.24, 2.45) is 0 Å². The molecule has 0 atom stereocenters. The Morgan fingerprint density at radius 3 is 2.70 bits per heavy atom. The normalized spacial score (nSPS) is 15.7. The van der Waals surface area contributed by atoms with Gasteiger partial charge in [-0.2, -0.15) is 0 Å². The first-order chi connectivity index (χ1) is 11.3. The van der Waals surface area contributed by atoms with E-state index in [1.807, 2.05) is 65.4 Å². The third kappa shape index (κ3) is 2.73. The number of ketones is 1. The first-order valence-electron chi connectivity index (χ1n) is 7.37. The fraction of sp³-hybridized carbons (Fsp3) is 0.0526. The summed E-state index contributed by atoms with van der Waals surface area (Å²) in [5, 5.41) is 0. The van der Waals surface area contributed by atoms with Gasteiger partial charge in [0.2, 0.25) is 0 Å². The van der Waals surface area contributed by atoms with Crippen molar-refractivity contribution in [1.82, 2.24) is 9.55 Å². The summed E-state index contributed by atoms with van der Waals surface area (Å²) < 4.78 is 1.95. The van der Waals surface area contributed by atoms with E-state index in [0.717, 1.165) is 33.0 Å². The number of hydrogen-bond donors (Lipinski definition) is 0. The number of benzene rings is 2. The van der Waals surface area contributed by atoms with Crippen molar-refractivity contribution in [3.63, 3.8) is 0 Å². The van der Waals surface area contributed by atoms with Crippen LogP contribution >= 0.6 is 11.8 Å². The van der Waals surface area contributed by atoms with Gasteiger partial charge in [-0.05, 0) is 35.9 Å². The van der Waals surface area contributed by atoms with E-state index < -0.39 is 0 Å². The second-order valence-corrected chi connectivity index (χ2v) is 6.36. The van der Waals surface area contributed by atoms with Gasteiger partial charge in [-0.15, -0.1) is 11.8 Å². The van der Waals surface area contributed by atoms with Crippen molar-refractivity contribution in [1.29, 1.82) is 0 Å². The second kappa shape index (κ2) is 5.89. The zero-order chi connectivity index (χ0) is 15.6. The minimum Gasteiger partial charge on any atom is -0.306 e. The zero-order valence-electron chi connectivity index (χ0n) is 12.3. The van der Waals surface area contributed by atoms with Crippen LogP contribution < -0.4 is 0 Å². The molecule has 0 amide bonds. The molecule has 2 heterocycles. The van der Waals surface area contributed by atoms with Crippen LogP contribution in [0.1, 0.15) is 15.9 Å². The van der Waals surface area contributed by atoms with Crippen LogP contribution in [0.15, 0.2) is 77.7 Å². The lowest BCUT2D eigenvalue weighted by Gasteiger charge is -2.16. The Kier molecular flexibility index (Phi) is 3.60. The Hall–Kier alpha value is -2.59. The van der Waals surface area contributed by atoms with Crippen LogP contribution in [-0.4, -0.2) is 21.1 Å². The van der Waals surface area contributed by atoms with E-state index in [-0.39, 0.29) is 5.78 Å². The third-order valence-electron chi connectivity index (χ3n) is 3.84. The summed E-state index contributed by atoms with van der Waals surface area (Å²) in [6.07, 6.45) is 7.42. The number of imidazole rings is 1. The van der Waals surface area contributed by atoms with Gasteiger partial charge in [0.1, 0.15) is 0 Å². The number of carbonyl (C=O) groups excluding carboxylic acids is 1. The minimum atomic E-state index is 0.137. The maximum absolute atomic E-state index is 12.6. The van der Waals surface area contributed by atoms with Crippen LogP contribution in [-0.2, 0) is 0 Å². The van der Waals surface area contributed by atoms with Gasteiger partial charge >= 0.3 is 0 Å². The topological polar surface area (TPSA) is 34.9 Å². The van der Waals surface area contributed by atoms with Crippen LogP contribution in [0.5, 0.6) is 0 Å². The molecule has 1 aromatic heterocycles. The summed E-state index contributed by atoms with van der Waals surface area (Å²) in [4.78, 5) is 17.7. The van der Waals surface area contributed by atoms with E-state index in [9.17, 15) is 4.79 Å². The molecular weight excluding hydrogens is 304 g/mol. The van der Waals surface area contributed by atoms with E-state index in [4.69, 9.17) is 0 Å². The monoisotopic (exact) mass is 318 g/mol. The van der Waals surface area contributed by atoms with E-state index >= 15 is 0 Å². The third-order valence-corrected chi connectivity index (χ3v) is 4.97. The zero-order valence-corrected chi connectivity index (χ0v) is 13.2. The molecule has 0 bridgehead atoms. The van der Waals surface area contributed by atoms with E-state index in [0.29, 0.717) is 0 Å². The number of rotatable bonds is 2. The predicted molar refractivity (Wildman–Crippen MR) is 93.0 cm³/mol. The Balaban J connectivity index is 1.62. The molecule has 112 valence electrons. The molecule has 1 aliphatic rings. The van der Waals surface area contributed by atoms with Crippen molar-refractivity contribution in [3.8, 4) is 5.69 Å². The average Bonchev–Trinajstić information content (AvgIpc) is 3.13. The average molecular weight is 318 g/mol. The lowest BCUT2D eigenvalue weighted by Crippen LogP contribution is -2.12. The lowest BCUT2D eigenvalue weighted by molar-refractivity contribution is 0.103. The molecule has 0 aliphatic carbocycles. The van der Waals surface area contributed by atoms with Crippen molar-refractivity contribution in [2.45, 2.75) is 4.90 Å². The van der Waals surface area contributed by atoms with Crippen LogP contribution in [0.4, 0.5) is 0 Å². The Bertz CT molecular complexity index is 880. The molecule has 0 radical (unpaired) electrons. The molecule has 4 heteroatoms. The Morgan fingerprint density at radius 2 is 1.91 bits per heavy atom. The molecule has 0 N–H and O–H groups in total. The molecule has 0 unspecified atom stereocenters. The number of thioether (sulfide) groups is 1. The standard InChI is InChI=1S/C19H14N2OS/c22-19-15(12-23-18-4-2-1-3-17(18)19)11-14-5-7-16(8-6-14)21-10-9-20-13-21/h1-11,13H,12H2/b15-11+. The smallest absolute Gasteiger partial charge is 0.191 e. The fourth-order valence-corrected chi connectivity index (χ4v) is 3.65. The maximum atomic E-state index is 12.6. The Morgan fingerprint density at radius 1 is 1.09 bits per heavy atom. The number of Topliss-reactive ketones (excluding diaryl/α,β-unsaturated/α-hetero) is 1. The number of aromatic nitrogens is 2. The molecule has 23 heavy (non-hydrogen) atoms. The van der Waals surface area contributed by atoms with Crippen LogP contribution in [0, 0.1) is 0 Å². The SMILES string of the molecule is O=C1/C(=C/c2ccc(-n3ccnc3)cc2)CSc2ccccc21. The summed E-state index contributed by atoms with van der Waals surface area (Å²) in [5.41, 5.74) is 3.76. The minimum absolute atomic E-state index is 0.137. The van der Waals surface area contributed by atoms with Gasteiger partial charge in [0, 0.05) is 39.9 Å². The number of nitrogens with zero attached hydrogens (tertiary/aromatic N) is 2. The summed E-state index contributed by atoms with van der Waals surface area (Å²) in [5.74, 6) is 0.858. The molecular formula is C19H14N2OS. The molecule has 0 saturated carbocycles. The Labute approximate surface area is 138 Å². The van der Waals surface area contributed by atoms with Gasteiger partial charge in [-0.1, -0.05) is 24.3 Å². The highest BCUT2D eigenvalue weighted by atomic mass is 32.2. The van der Waals surface area contributed by atoms with Crippen molar-refractivity contribution in [3.05, 3.63) is 84.0 Å². The highest BCUT2D eigenvalue weighted by Gasteiger charge is 2.21. The molecule has 3 aromatic rings. The lowest BCUT2D eigenvalue weighted by atomic mass is 10.0. The molecule has 3 nitrogen and oxygen atoms in total. The van der Waals surface area contributed by atoms with E-state index in [1.54, 1.807) is 24.3 Å². The van der Waals surface area contributed by atoms with Gasteiger partial charge in [0.15, 0.2) is 5.78 Å². The fourth-order valence-electron chi connectivity index (χ4n) is 2.64. The van der Waals surface area contributed by atoms with Crippen LogP contribution in [0.3, 0.4) is 0 Å². The van der Waals surface area contributed by atoms with Gasteiger partial charge in [0.05, 0.1) is 6.33 Å². The quantitative estimate of drug-likeness (QED) is 0.663. The summed E-state index contributed by atoms with van der Waals surface area (Å²) in [7, 11) is 0. The summed E-state index contributed by atoms with van der Waals surface area (Å²) in [6, 6.07) is 15.9. The first-order valence-corrected chi connectivity index (χ1v) is 8.35. The molecule has 0 spiro atoms. The molecule has 1 aliphatic heterocycles. The van der Waals surface area contributed by atoms with Crippen LogP contribution in [0.25, 0.3) is 11.8 Å².